The Balaban J connectivity index is 1.53. The van der Waals surface area contributed by atoms with E-state index in [9.17, 15) is 0 Å². The molecule has 0 N–H and O–H groups in total. The molecule has 1 aliphatic carbocycles. The van der Waals surface area contributed by atoms with Crippen molar-refractivity contribution in [2.24, 2.45) is 0 Å². The molecular formula is C18H21N3. The molecule has 0 bridgehead atoms. The van der Waals surface area contributed by atoms with E-state index in [4.69, 9.17) is 4.98 Å². The standard InChI is InChI=1S/C18H21N3/c1-13-4-2-3-5-16(13)11-21-9-8-15-10-19-18(14-6-7-14)20-17(15)12-21/h2-5,10,14H,6-9,11-12H2,1H3. The number of hydrogen-bond acceptors (Lipinski definition) is 3. The van der Waals surface area contributed by atoms with Gasteiger partial charge in [-0.25, -0.2) is 9.97 Å². The second-order valence-electron chi connectivity index (χ2n) is 6.36. The van der Waals surface area contributed by atoms with E-state index in [2.05, 4.69) is 47.3 Å². The average molecular weight is 279 g/mol. The summed E-state index contributed by atoms with van der Waals surface area (Å²) in [5.74, 6) is 1.72. The predicted octanol–water partition coefficient (Wildman–Crippen LogP) is 3.22. The smallest absolute Gasteiger partial charge is 0.131 e. The molecule has 2 aliphatic rings. The van der Waals surface area contributed by atoms with Gasteiger partial charge in [0, 0.05) is 31.7 Å². The van der Waals surface area contributed by atoms with Gasteiger partial charge in [-0.15, -0.1) is 0 Å². The van der Waals surface area contributed by atoms with Gasteiger partial charge in [0.05, 0.1) is 5.69 Å². The minimum Gasteiger partial charge on any atom is -0.293 e. The Kier molecular flexibility index (Phi) is 3.23. The van der Waals surface area contributed by atoms with Gasteiger partial charge in [-0.1, -0.05) is 24.3 Å². The third-order valence-corrected chi connectivity index (χ3v) is 4.64. The molecule has 0 unspecified atom stereocenters. The highest BCUT2D eigenvalue weighted by atomic mass is 15.1. The van der Waals surface area contributed by atoms with Gasteiger partial charge < -0.3 is 0 Å². The van der Waals surface area contributed by atoms with E-state index in [1.807, 2.05) is 0 Å². The van der Waals surface area contributed by atoms with Crippen LogP contribution in [0.25, 0.3) is 0 Å². The number of nitrogens with zero attached hydrogens (tertiary/aromatic N) is 3. The zero-order valence-electron chi connectivity index (χ0n) is 12.5. The van der Waals surface area contributed by atoms with E-state index >= 15 is 0 Å². The van der Waals surface area contributed by atoms with Gasteiger partial charge in [0.2, 0.25) is 0 Å². The maximum Gasteiger partial charge on any atom is 0.131 e. The molecule has 2 heterocycles. The second kappa shape index (κ2) is 5.23. The monoisotopic (exact) mass is 279 g/mol. The Morgan fingerprint density at radius 2 is 2.10 bits per heavy atom. The van der Waals surface area contributed by atoms with Crippen molar-refractivity contribution < 1.29 is 0 Å². The third-order valence-electron chi connectivity index (χ3n) is 4.64. The molecule has 108 valence electrons. The van der Waals surface area contributed by atoms with Crippen LogP contribution >= 0.6 is 0 Å². The lowest BCUT2D eigenvalue weighted by atomic mass is 10.0. The van der Waals surface area contributed by atoms with Crippen molar-refractivity contribution in [2.45, 2.75) is 45.2 Å². The molecule has 0 amide bonds. The summed E-state index contributed by atoms with van der Waals surface area (Å²) >= 11 is 0. The maximum absolute atomic E-state index is 4.84. The Morgan fingerprint density at radius 1 is 1.24 bits per heavy atom. The molecule has 3 nitrogen and oxygen atoms in total. The van der Waals surface area contributed by atoms with Gasteiger partial charge in [0.15, 0.2) is 0 Å². The van der Waals surface area contributed by atoms with Crippen molar-refractivity contribution >= 4 is 0 Å². The van der Waals surface area contributed by atoms with E-state index in [0.717, 1.165) is 31.9 Å². The van der Waals surface area contributed by atoms with Crippen LogP contribution in [0.1, 0.15) is 47.0 Å². The first-order valence-corrected chi connectivity index (χ1v) is 7.91. The Morgan fingerprint density at radius 3 is 2.90 bits per heavy atom. The molecule has 4 rings (SSSR count). The van der Waals surface area contributed by atoms with Crippen LogP contribution in [-0.2, 0) is 19.5 Å². The molecule has 1 fully saturated rings. The maximum atomic E-state index is 4.84. The summed E-state index contributed by atoms with van der Waals surface area (Å²) in [5.41, 5.74) is 5.41. The molecule has 21 heavy (non-hydrogen) atoms. The Hall–Kier alpha value is -1.74. The van der Waals surface area contributed by atoms with Crippen LogP contribution < -0.4 is 0 Å². The first kappa shape index (κ1) is 13.0. The second-order valence-corrected chi connectivity index (χ2v) is 6.36. The number of rotatable bonds is 3. The predicted molar refractivity (Wildman–Crippen MR) is 83.0 cm³/mol. The molecule has 1 aliphatic heterocycles. The van der Waals surface area contributed by atoms with E-state index in [1.165, 1.54) is 35.2 Å². The third kappa shape index (κ3) is 2.70. The fraction of sp³-hybridized carbons (Fsp3) is 0.444. The number of hydrogen-bond donors (Lipinski definition) is 0. The topological polar surface area (TPSA) is 29.0 Å². The zero-order chi connectivity index (χ0) is 14.2. The molecule has 1 aromatic heterocycles. The van der Waals surface area contributed by atoms with Crippen LogP contribution in [0.2, 0.25) is 0 Å². The highest BCUT2D eigenvalue weighted by Gasteiger charge is 2.28. The first-order valence-electron chi connectivity index (χ1n) is 7.91. The largest absolute Gasteiger partial charge is 0.293 e. The normalized spacial score (nSPS) is 18.5. The van der Waals surface area contributed by atoms with Gasteiger partial charge >= 0.3 is 0 Å². The number of fused-ring (bicyclic) bond motifs is 1. The van der Waals surface area contributed by atoms with Crippen molar-refractivity contribution in [1.82, 2.24) is 14.9 Å². The molecule has 0 radical (unpaired) electrons. The van der Waals surface area contributed by atoms with E-state index in [0.29, 0.717) is 5.92 Å². The van der Waals surface area contributed by atoms with Crippen LogP contribution in [0.3, 0.4) is 0 Å². The SMILES string of the molecule is Cc1ccccc1CN1CCc2cnc(C3CC3)nc2C1. The van der Waals surface area contributed by atoms with Gasteiger partial charge in [-0.05, 0) is 42.9 Å². The lowest BCUT2D eigenvalue weighted by Crippen LogP contribution is -2.31. The summed E-state index contributed by atoms with van der Waals surface area (Å²) < 4.78 is 0. The molecule has 1 saturated carbocycles. The fourth-order valence-corrected chi connectivity index (χ4v) is 3.07. The first-order chi connectivity index (χ1) is 10.3. The minimum atomic E-state index is 0.641. The van der Waals surface area contributed by atoms with Crippen molar-refractivity contribution in [3.05, 3.63) is 58.7 Å². The van der Waals surface area contributed by atoms with E-state index in [-0.39, 0.29) is 0 Å². The van der Waals surface area contributed by atoms with Gasteiger partial charge in [-0.3, -0.25) is 4.90 Å². The van der Waals surface area contributed by atoms with E-state index in [1.54, 1.807) is 0 Å². The molecule has 2 aromatic rings. The number of benzene rings is 1. The molecule has 0 spiro atoms. The number of aryl methyl sites for hydroxylation is 1. The van der Waals surface area contributed by atoms with Gasteiger partial charge in [0.25, 0.3) is 0 Å². The highest BCUT2D eigenvalue weighted by molar-refractivity contribution is 5.27. The van der Waals surface area contributed by atoms with Crippen LogP contribution in [-0.4, -0.2) is 21.4 Å². The van der Waals surface area contributed by atoms with Crippen molar-refractivity contribution in [1.29, 1.82) is 0 Å². The molecule has 1 aromatic carbocycles. The highest BCUT2D eigenvalue weighted by Crippen LogP contribution is 2.38. The lowest BCUT2D eigenvalue weighted by molar-refractivity contribution is 0.240. The summed E-state index contributed by atoms with van der Waals surface area (Å²) in [6.45, 7) is 5.29. The Labute approximate surface area is 126 Å². The quantitative estimate of drug-likeness (QED) is 0.864. The summed E-state index contributed by atoms with van der Waals surface area (Å²) in [5, 5.41) is 0. The van der Waals surface area contributed by atoms with Gasteiger partial charge in [-0.2, -0.15) is 0 Å². The lowest BCUT2D eigenvalue weighted by Gasteiger charge is -2.28. The van der Waals surface area contributed by atoms with Crippen molar-refractivity contribution in [3.8, 4) is 0 Å². The molecule has 0 atom stereocenters. The van der Waals surface area contributed by atoms with Crippen LogP contribution in [0.15, 0.2) is 30.5 Å². The van der Waals surface area contributed by atoms with E-state index < -0.39 is 0 Å². The molecule has 0 saturated heterocycles. The zero-order valence-corrected chi connectivity index (χ0v) is 12.5. The minimum absolute atomic E-state index is 0.641. The summed E-state index contributed by atoms with van der Waals surface area (Å²) in [7, 11) is 0. The van der Waals surface area contributed by atoms with Crippen molar-refractivity contribution in [2.75, 3.05) is 6.54 Å². The van der Waals surface area contributed by atoms with Crippen LogP contribution in [0.4, 0.5) is 0 Å². The molecule has 3 heteroatoms. The summed E-state index contributed by atoms with van der Waals surface area (Å²) in [6.07, 6.45) is 5.69. The Bertz CT molecular complexity index is 661. The van der Waals surface area contributed by atoms with Crippen LogP contribution in [0, 0.1) is 6.92 Å². The summed E-state index contributed by atoms with van der Waals surface area (Å²) in [6, 6.07) is 8.67. The van der Waals surface area contributed by atoms with Crippen molar-refractivity contribution in [3.63, 3.8) is 0 Å². The number of aromatic nitrogens is 2. The van der Waals surface area contributed by atoms with Gasteiger partial charge in [0.1, 0.15) is 5.82 Å². The summed E-state index contributed by atoms with van der Waals surface area (Å²) in [4.78, 5) is 11.9. The fourth-order valence-electron chi connectivity index (χ4n) is 3.07. The molecular weight excluding hydrogens is 258 g/mol. The average Bonchev–Trinajstić information content (AvgIpc) is 3.34. The van der Waals surface area contributed by atoms with Crippen LogP contribution in [0.5, 0.6) is 0 Å².